The van der Waals surface area contributed by atoms with E-state index < -0.39 is 54.3 Å². The van der Waals surface area contributed by atoms with Crippen LogP contribution in [0.25, 0.3) is 0 Å². The first-order chi connectivity index (χ1) is 10.4. The number of carbonyl (C=O) groups is 3. The van der Waals surface area contributed by atoms with Gasteiger partial charge in [0.05, 0.1) is 13.0 Å². The largest absolute Gasteiger partial charge is 0.469 e. The fraction of sp³-hybridized carbons (Fsp3) is 0.786. The number of ether oxygens (including phenoxy) is 5. The molecule has 0 aromatic heterocycles. The van der Waals surface area contributed by atoms with Gasteiger partial charge in [0.25, 0.3) is 0 Å². The minimum Gasteiger partial charge on any atom is -0.469 e. The van der Waals surface area contributed by atoms with E-state index in [4.69, 9.17) is 23.7 Å². The molecular weight excluding hydrogens is 296 g/mol. The lowest BCUT2D eigenvalue weighted by Crippen LogP contribution is -2.58. The van der Waals surface area contributed by atoms with Crippen molar-refractivity contribution in [3.63, 3.8) is 0 Å². The highest BCUT2D eigenvalue weighted by Gasteiger charge is 2.56. The van der Waals surface area contributed by atoms with Crippen LogP contribution in [0.2, 0.25) is 0 Å². The Bertz CT molecular complexity index is 462. The predicted molar refractivity (Wildman–Crippen MR) is 70.1 cm³/mol. The van der Waals surface area contributed by atoms with Gasteiger partial charge in [0.2, 0.25) is 6.29 Å². The van der Waals surface area contributed by atoms with E-state index in [1.165, 1.54) is 21.1 Å². The Morgan fingerprint density at radius 2 is 1.91 bits per heavy atom. The average molecular weight is 316 g/mol. The number of fused-ring (bicyclic) bond motifs is 1. The highest BCUT2D eigenvalue weighted by molar-refractivity contribution is 5.76. The molecule has 2 aliphatic rings. The third-order valence-electron chi connectivity index (χ3n) is 4.08. The van der Waals surface area contributed by atoms with Crippen molar-refractivity contribution in [2.24, 2.45) is 17.8 Å². The number of hydrogen-bond donors (Lipinski definition) is 0. The molecule has 0 radical (unpaired) electrons. The second-order valence-corrected chi connectivity index (χ2v) is 5.41. The van der Waals surface area contributed by atoms with Gasteiger partial charge in [-0.2, -0.15) is 0 Å². The second-order valence-electron chi connectivity index (χ2n) is 5.41. The molecule has 0 saturated carbocycles. The first-order valence-electron chi connectivity index (χ1n) is 7.01. The van der Waals surface area contributed by atoms with Crippen LogP contribution in [-0.2, 0) is 38.1 Å². The van der Waals surface area contributed by atoms with Crippen molar-refractivity contribution in [2.75, 3.05) is 14.2 Å². The summed E-state index contributed by atoms with van der Waals surface area (Å²) in [6, 6.07) is 0. The molecule has 22 heavy (non-hydrogen) atoms. The molecule has 124 valence electrons. The van der Waals surface area contributed by atoms with Crippen molar-refractivity contribution in [1.29, 1.82) is 0 Å². The lowest BCUT2D eigenvalue weighted by molar-refractivity contribution is -0.318. The zero-order valence-electron chi connectivity index (χ0n) is 12.9. The van der Waals surface area contributed by atoms with E-state index in [-0.39, 0.29) is 6.42 Å². The summed E-state index contributed by atoms with van der Waals surface area (Å²) < 4.78 is 26.0. The minimum atomic E-state index is -0.962. The summed E-state index contributed by atoms with van der Waals surface area (Å²) >= 11 is 0. The Balaban J connectivity index is 2.36. The monoisotopic (exact) mass is 316 g/mol. The lowest BCUT2D eigenvalue weighted by atomic mass is 9.72. The molecule has 6 unspecified atom stereocenters. The van der Waals surface area contributed by atoms with Crippen molar-refractivity contribution in [2.45, 2.75) is 39.0 Å². The van der Waals surface area contributed by atoms with Crippen molar-refractivity contribution in [3.8, 4) is 0 Å². The molecule has 6 atom stereocenters. The van der Waals surface area contributed by atoms with Crippen molar-refractivity contribution >= 4 is 17.9 Å². The van der Waals surface area contributed by atoms with Gasteiger partial charge in [-0.05, 0) is 12.8 Å². The highest BCUT2D eigenvalue weighted by atomic mass is 16.8. The molecule has 2 rings (SSSR count). The molecule has 2 aliphatic heterocycles. The third-order valence-corrected chi connectivity index (χ3v) is 4.08. The summed E-state index contributed by atoms with van der Waals surface area (Å²) in [5.74, 6) is -3.18. The third kappa shape index (κ3) is 3.07. The van der Waals surface area contributed by atoms with Crippen LogP contribution < -0.4 is 0 Å². The normalized spacial score (nSPS) is 37.7. The summed E-state index contributed by atoms with van der Waals surface area (Å²) in [6.45, 7) is 2.93. The number of esters is 3. The molecule has 0 amide bonds. The molecule has 2 saturated heterocycles. The van der Waals surface area contributed by atoms with Crippen LogP contribution in [0.4, 0.5) is 0 Å². The van der Waals surface area contributed by atoms with E-state index in [0.717, 1.165) is 0 Å². The van der Waals surface area contributed by atoms with Gasteiger partial charge in [0, 0.05) is 20.5 Å². The summed E-state index contributed by atoms with van der Waals surface area (Å²) in [5.41, 5.74) is 0. The zero-order valence-corrected chi connectivity index (χ0v) is 12.9. The minimum absolute atomic E-state index is 0.00968. The summed E-state index contributed by atoms with van der Waals surface area (Å²) in [4.78, 5) is 35.1. The van der Waals surface area contributed by atoms with Crippen LogP contribution in [0.1, 0.15) is 20.3 Å². The van der Waals surface area contributed by atoms with Gasteiger partial charge >= 0.3 is 17.9 Å². The van der Waals surface area contributed by atoms with Crippen LogP contribution in [0.5, 0.6) is 0 Å². The van der Waals surface area contributed by atoms with Crippen molar-refractivity contribution in [1.82, 2.24) is 0 Å². The maximum Gasteiger partial charge on any atom is 0.314 e. The number of carbonyl (C=O) groups excluding carboxylic acids is 3. The number of rotatable bonds is 3. The van der Waals surface area contributed by atoms with Gasteiger partial charge in [-0.25, -0.2) is 0 Å². The molecule has 0 N–H and O–H groups in total. The van der Waals surface area contributed by atoms with Crippen LogP contribution in [-0.4, -0.2) is 50.8 Å². The smallest absolute Gasteiger partial charge is 0.314 e. The maximum absolute atomic E-state index is 12.1. The fourth-order valence-corrected chi connectivity index (χ4v) is 3.20. The number of hydrogen-bond acceptors (Lipinski definition) is 8. The SMILES string of the molecule is COC(=O)C1C(OC)OC(OC(C)=O)C2C(C)OC(=O)CC12. The molecule has 8 heteroatoms. The van der Waals surface area contributed by atoms with Gasteiger partial charge in [-0.1, -0.05) is 0 Å². The first-order valence-corrected chi connectivity index (χ1v) is 7.01. The molecule has 0 bridgehead atoms. The number of cyclic esters (lactones) is 1. The van der Waals surface area contributed by atoms with Crippen LogP contribution in [0.15, 0.2) is 0 Å². The van der Waals surface area contributed by atoms with Crippen LogP contribution in [0.3, 0.4) is 0 Å². The summed E-state index contributed by atoms with van der Waals surface area (Å²) in [5, 5.41) is 0. The van der Waals surface area contributed by atoms with E-state index >= 15 is 0 Å². The quantitative estimate of drug-likeness (QED) is 0.539. The molecule has 0 aromatic carbocycles. The van der Waals surface area contributed by atoms with E-state index in [1.807, 2.05) is 0 Å². The molecule has 2 heterocycles. The predicted octanol–water partition coefficient (Wildman–Crippen LogP) is 0.235. The maximum atomic E-state index is 12.1. The van der Waals surface area contributed by atoms with E-state index in [9.17, 15) is 14.4 Å². The molecule has 2 fully saturated rings. The molecule has 0 aromatic rings. The van der Waals surface area contributed by atoms with Gasteiger partial charge in [0.15, 0.2) is 6.29 Å². The lowest BCUT2D eigenvalue weighted by Gasteiger charge is -2.48. The highest BCUT2D eigenvalue weighted by Crippen LogP contribution is 2.44. The molecule has 0 spiro atoms. The van der Waals surface area contributed by atoms with Gasteiger partial charge in [0.1, 0.15) is 12.0 Å². The fourth-order valence-electron chi connectivity index (χ4n) is 3.20. The number of methoxy groups -OCH3 is 2. The standard InChI is InChI=1S/C14H20O8/c1-6-10-8(5-9(16)20-6)11(12(17)18-3)13(19-4)22-14(10)21-7(2)15/h6,8,10-11,13-14H,5H2,1-4H3. The van der Waals surface area contributed by atoms with Gasteiger partial charge in [-0.15, -0.1) is 0 Å². The molecule has 0 aliphatic carbocycles. The Kier molecular flexibility index (Phi) is 5.02. The topological polar surface area (TPSA) is 97.4 Å². The van der Waals surface area contributed by atoms with Crippen molar-refractivity contribution in [3.05, 3.63) is 0 Å². The zero-order chi connectivity index (χ0) is 16.4. The van der Waals surface area contributed by atoms with Crippen molar-refractivity contribution < 1.29 is 38.1 Å². The first kappa shape index (κ1) is 16.7. The van der Waals surface area contributed by atoms with E-state index in [2.05, 4.69) is 0 Å². The van der Waals surface area contributed by atoms with Crippen LogP contribution >= 0.6 is 0 Å². The molecular formula is C14H20O8. The molecule has 8 nitrogen and oxygen atoms in total. The summed E-state index contributed by atoms with van der Waals surface area (Å²) in [6.07, 6.45) is -2.45. The Labute approximate surface area is 128 Å². The Morgan fingerprint density at radius 1 is 1.23 bits per heavy atom. The van der Waals surface area contributed by atoms with Gasteiger partial charge in [-0.3, -0.25) is 14.4 Å². The van der Waals surface area contributed by atoms with E-state index in [0.29, 0.717) is 0 Å². The Hall–Kier alpha value is -1.67. The van der Waals surface area contributed by atoms with Crippen LogP contribution in [0, 0.1) is 17.8 Å². The average Bonchev–Trinajstić information content (AvgIpc) is 2.44. The van der Waals surface area contributed by atoms with E-state index in [1.54, 1.807) is 6.92 Å². The Morgan fingerprint density at radius 3 is 2.45 bits per heavy atom. The summed E-state index contributed by atoms with van der Waals surface area (Å²) in [7, 11) is 2.63. The van der Waals surface area contributed by atoms with Gasteiger partial charge < -0.3 is 23.7 Å². The second kappa shape index (κ2) is 6.62.